The van der Waals surface area contributed by atoms with E-state index in [9.17, 15) is 18.0 Å². The fourth-order valence-corrected chi connectivity index (χ4v) is 2.44. The maximum Gasteiger partial charge on any atom is 0.416 e. The lowest BCUT2D eigenvalue weighted by Gasteiger charge is -2.14. The van der Waals surface area contributed by atoms with Crippen LogP contribution in [0.4, 0.5) is 18.9 Å². The Labute approximate surface area is 150 Å². The Kier molecular flexibility index (Phi) is 6.63. The molecule has 0 bridgehead atoms. The van der Waals surface area contributed by atoms with Crippen LogP contribution in [-0.4, -0.2) is 19.1 Å². The predicted octanol–water partition coefficient (Wildman–Crippen LogP) is 4.18. The first-order chi connectivity index (χ1) is 12.3. The van der Waals surface area contributed by atoms with E-state index >= 15 is 0 Å². The summed E-state index contributed by atoms with van der Waals surface area (Å²) < 4.78 is 43.7. The largest absolute Gasteiger partial charge is 0.492 e. The third-order valence-electron chi connectivity index (χ3n) is 3.80. The SMILES string of the molecule is CC(CC(=O)Nc1ccc(OCCN)cc1)c1cccc(C(F)(F)F)c1. The van der Waals surface area contributed by atoms with Crippen LogP contribution in [0.15, 0.2) is 48.5 Å². The molecule has 7 heteroatoms. The van der Waals surface area contributed by atoms with Crippen LogP contribution in [0.3, 0.4) is 0 Å². The summed E-state index contributed by atoms with van der Waals surface area (Å²) in [6.07, 6.45) is -4.32. The molecule has 2 aromatic carbocycles. The van der Waals surface area contributed by atoms with Gasteiger partial charge >= 0.3 is 6.18 Å². The van der Waals surface area contributed by atoms with Gasteiger partial charge < -0.3 is 15.8 Å². The number of hydrogen-bond donors (Lipinski definition) is 2. The number of ether oxygens (including phenoxy) is 1. The fourth-order valence-electron chi connectivity index (χ4n) is 2.44. The molecule has 1 amide bonds. The summed E-state index contributed by atoms with van der Waals surface area (Å²) >= 11 is 0. The van der Waals surface area contributed by atoms with Crippen LogP contribution in [0.5, 0.6) is 5.75 Å². The molecule has 4 nitrogen and oxygen atoms in total. The summed E-state index contributed by atoms with van der Waals surface area (Å²) in [5, 5.41) is 2.73. The highest BCUT2D eigenvalue weighted by atomic mass is 19.4. The van der Waals surface area contributed by atoms with Crippen LogP contribution in [0.2, 0.25) is 0 Å². The Morgan fingerprint density at radius 3 is 2.50 bits per heavy atom. The first-order valence-electron chi connectivity index (χ1n) is 8.19. The maximum atomic E-state index is 12.8. The lowest BCUT2D eigenvalue weighted by Crippen LogP contribution is -2.15. The van der Waals surface area contributed by atoms with E-state index < -0.39 is 11.7 Å². The number of halogens is 3. The van der Waals surface area contributed by atoms with Crippen molar-refractivity contribution in [3.63, 3.8) is 0 Å². The summed E-state index contributed by atoms with van der Waals surface area (Å²) in [6, 6.07) is 11.9. The highest BCUT2D eigenvalue weighted by molar-refractivity contribution is 5.91. The van der Waals surface area contributed by atoms with Crippen molar-refractivity contribution in [3.8, 4) is 5.75 Å². The van der Waals surface area contributed by atoms with Crippen LogP contribution >= 0.6 is 0 Å². The minimum Gasteiger partial charge on any atom is -0.492 e. The molecule has 0 heterocycles. The molecule has 3 N–H and O–H groups in total. The minimum absolute atomic E-state index is 0.0761. The first-order valence-corrected chi connectivity index (χ1v) is 8.19. The van der Waals surface area contributed by atoms with Crippen molar-refractivity contribution in [2.24, 2.45) is 5.73 Å². The van der Waals surface area contributed by atoms with Crippen LogP contribution in [0, 0.1) is 0 Å². The molecule has 0 spiro atoms. The minimum atomic E-state index is -4.40. The first kappa shape index (κ1) is 19.8. The second-order valence-electron chi connectivity index (χ2n) is 5.94. The number of alkyl halides is 3. The van der Waals surface area contributed by atoms with Gasteiger partial charge in [-0.05, 0) is 41.8 Å². The van der Waals surface area contributed by atoms with Crippen molar-refractivity contribution in [1.82, 2.24) is 0 Å². The molecular formula is C19H21F3N2O2. The van der Waals surface area contributed by atoms with E-state index in [2.05, 4.69) is 5.32 Å². The molecule has 1 unspecified atom stereocenters. The van der Waals surface area contributed by atoms with Crippen molar-refractivity contribution >= 4 is 11.6 Å². The van der Waals surface area contributed by atoms with E-state index in [4.69, 9.17) is 10.5 Å². The Hall–Kier alpha value is -2.54. The second kappa shape index (κ2) is 8.71. The average Bonchev–Trinajstić information content (AvgIpc) is 2.60. The van der Waals surface area contributed by atoms with E-state index in [1.54, 1.807) is 37.3 Å². The quantitative estimate of drug-likeness (QED) is 0.773. The zero-order chi connectivity index (χ0) is 19.2. The molecule has 0 aromatic heterocycles. The number of carbonyl (C=O) groups excluding carboxylic acids is 1. The third kappa shape index (κ3) is 5.77. The number of amides is 1. The van der Waals surface area contributed by atoms with Crippen molar-refractivity contribution < 1.29 is 22.7 Å². The lowest BCUT2D eigenvalue weighted by atomic mass is 9.95. The van der Waals surface area contributed by atoms with Gasteiger partial charge in [0, 0.05) is 18.7 Å². The maximum absolute atomic E-state index is 12.8. The van der Waals surface area contributed by atoms with Gasteiger partial charge in [0.05, 0.1) is 5.56 Å². The number of benzene rings is 2. The number of hydrogen-bond acceptors (Lipinski definition) is 3. The molecule has 2 rings (SSSR count). The van der Waals surface area contributed by atoms with Crippen LogP contribution < -0.4 is 15.8 Å². The molecule has 26 heavy (non-hydrogen) atoms. The predicted molar refractivity (Wildman–Crippen MR) is 94.1 cm³/mol. The molecule has 0 saturated carbocycles. The third-order valence-corrected chi connectivity index (χ3v) is 3.80. The van der Waals surface area contributed by atoms with Gasteiger partial charge in [0.25, 0.3) is 0 Å². The van der Waals surface area contributed by atoms with Gasteiger partial charge in [-0.1, -0.05) is 25.1 Å². The van der Waals surface area contributed by atoms with Crippen LogP contribution in [0.25, 0.3) is 0 Å². The molecule has 1 atom stereocenters. The lowest BCUT2D eigenvalue weighted by molar-refractivity contribution is -0.137. The standard InChI is InChI=1S/C19H21F3N2O2/c1-13(14-3-2-4-15(12-14)19(20,21)22)11-18(25)24-16-5-7-17(8-6-16)26-10-9-23/h2-8,12-13H,9-11,23H2,1H3,(H,24,25). The molecule has 0 fully saturated rings. The van der Waals surface area contributed by atoms with E-state index in [1.807, 2.05) is 0 Å². The smallest absolute Gasteiger partial charge is 0.416 e. The van der Waals surface area contributed by atoms with Gasteiger partial charge in [-0.25, -0.2) is 0 Å². The van der Waals surface area contributed by atoms with Crippen molar-refractivity contribution in [1.29, 1.82) is 0 Å². The topological polar surface area (TPSA) is 64.3 Å². The van der Waals surface area contributed by atoms with Crippen LogP contribution in [0.1, 0.15) is 30.4 Å². The van der Waals surface area contributed by atoms with Gasteiger partial charge in [-0.15, -0.1) is 0 Å². The zero-order valence-corrected chi connectivity index (χ0v) is 14.3. The summed E-state index contributed by atoms with van der Waals surface area (Å²) in [6.45, 7) is 2.53. The highest BCUT2D eigenvalue weighted by Crippen LogP contribution is 2.31. The van der Waals surface area contributed by atoms with Crippen molar-refractivity contribution in [3.05, 3.63) is 59.7 Å². The number of nitrogens with two attached hydrogens (primary N) is 1. The van der Waals surface area contributed by atoms with Gasteiger partial charge in [0.2, 0.25) is 5.91 Å². The van der Waals surface area contributed by atoms with E-state index in [1.165, 1.54) is 6.07 Å². The average molecular weight is 366 g/mol. The zero-order valence-electron chi connectivity index (χ0n) is 14.3. The number of nitrogens with one attached hydrogen (secondary N) is 1. The molecule has 2 aromatic rings. The Morgan fingerprint density at radius 1 is 1.19 bits per heavy atom. The fraction of sp³-hybridized carbons (Fsp3) is 0.316. The Bertz CT molecular complexity index is 730. The second-order valence-corrected chi connectivity index (χ2v) is 5.94. The number of anilines is 1. The van der Waals surface area contributed by atoms with E-state index in [0.717, 1.165) is 12.1 Å². The van der Waals surface area contributed by atoms with Crippen LogP contribution in [-0.2, 0) is 11.0 Å². The summed E-state index contributed by atoms with van der Waals surface area (Å²) in [7, 11) is 0. The molecule has 0 aliphatic heterocycles. The number of carbonyl (C=O) groups is 1. The van der Waals surface area contributed by atoms with Crippen molar-refractivity contribution in [2.75, 3.05) is 18.5 Å². The highest BCUT2D eigenvalue weighted by Gasteiger charge is 2.30. The van der Waals surface area contributed by atoms with Gasteiger partial charge in [0.1, 0.15) is 12.4 Å². The number of rotatable bonds is 7. The summed E-state index contributed by atoms with van der Waals surface area (Å²) in [4.78, 5) is 12.2. The Morgan fingerprint density at radius 2 is 1.88 bits per heavy atom. The van der Waals surface area contributed by atoms with E-state index in [-0.39, 0.29) is 18.2 Å². The monoisotopic (exact) mass is 366 g/mol. The molecular weight excluding hydrogens is 345 g/mol. The van der Waals surface area contributed by atoms with Gasteiger partial charge in [0.15, 0.2) is 0 Å². The van der Waals surface area contributed by atoms with Gasteiger partial charge in [-0.3, -0.25) is 4.79 Å². The molecule has 0 aliphatic rings. The normalized spacial score (nSPS) is 12.5. The Balaban J connectivity index is 1.95. The van der Waals surface area contributed by atoms with Gasteiger partial charge in [-0.2, -0.15) is 13.2 Å². The summed E-state index contributed by atoms with van der Waals surface area (Å²) in [5.41, 5.74) is 5.70. The van der Waals surface area contributed by atoms with Crippen molar-refractivity contribution in [2.45, 2.75) is 25.4 Å². The molecule has 0 saturated heterocycles. The summed E-state index contributed by atoms with van der Waals surface area (Å²) in [5.74, 6) is 0.0285. The van der Waals surface area contributed by atoms with E-state index in [0.29, 0.717) is 30.2 Å². The molecule has 140 valence electrons. The molecule has 0 radical (unpaired) electrons. The molecule has 0 aliphatic carbocycles.